The number of nitrogens with one attached hydrogen (secondary N) is 1. The highest BCUT2D eigenvalue weighted by Gasteiger charge is 2.14. The van der Waals surface area contributed by atoms with E-state index in [-0.39, 0.29) is 11.2 Å². The minimum atomic E-state index is -0.239. The molecule has 100 valence electrons. The van der Waals surface area contributed by atoms with Gasteiger partial charge in [0.25, 0.3) is 0 Å². The van der Waals surface area contributed by atoms with Gasteiger partial charge in [0.2, 0.25) is 5.91 Å². The van der Waals surface area contributed by atoms with Crippen molar-refractivity contribution < 1.29 is 4.79 Å². The Bertz CT molecular complexity index is 382. The zero-order valence-corrected chi connectivity index (χ0v) is 11.9. The summed E-state index contributed by atoms with van der Waals surface area (Å²) in [5, 5.41) is 3.23. The first-order chi connectivity index (χ1) is 8.67. The van der Waals surface area contributed by atoms with Crippen LogP contribution < -0.4 is 11.1 Å². The number of nitrogens with two attached hydrogens (primary N) is 1. The molecule has 0 radical (unpaired) electrons. The van der Waals surface area contributed by atoms with Gasteiger partial charge < -0.3 is 11.1 Å². The lowest BCUT2D eigenvalue weighted by molar-refractivity contribution is -0.117. The maximum absolute atomic E-state index is 11.2. The smallest absolute Gasteiger partial charge is 0.230 e. The Balaban J connectivity index is 2.60. The van der Waals surface area contributed by atoms with Crippen molar-refractivity contribution in [3.05, 3.63) is 29.8 Å². The molecule has 0 spiro atoms. The summed E-state index contributed by atoms with van der Waals surface area (Å²) in [5.74, 6) is -0.239. The molecule has 0 aliphatic heterocycles. The number of hydrogen-bond acceptors (Lipinski definition) is 3. The van der Waals surface area contributed by atoms with Crippen LogP contribution in [0.15, 0.2) is 29.2 Å². The molecular weight excluding hydrogens is 244 g/mol. The summed E-state index contributed by atoms with van der Waals surface area (Å²) in [5.41, 5.74) is 6.60. The molecule has 0 aliphatic carbocycles. The largest absolute Gasteiger partial charge is 0.369 e. The second kappa shape index (κ2) is 8.16. The van der Waals surface area contributed by atoms with Gasteiger partial charge in [0.05, 0.1) is 5.25 Å². The van der Waals surface area contributed by atoms with E-state index in [1.165, 1.54) is 5.56 Å². The molecule has 1 aromatic carbocycles. The Morgan fingerprint density at radius 1 is 1.44 bits per heavy atom. The van der Waals surface area contributed by atoms with E-state index in [1.54, 1.807) is 11.8 Å². The summed E-state index contributed by atoms with van der Waals surface area (Å²) in [7, 11) is 0. The molecule has 0 saturated heterocycles. The molecular formula is C14H22N2OS. The first-order valence-corrected chi connectivity index (χ1v) is 7.31. The fourth-order valence-corrected chi connectivity index (χ4v) is 2.63. The van der Waals surface area contributed by atoms with Gasteiger partial charge in [-0.05, 0) is 37.1 Å². The molecule has 0 aromatic heterocycles. The number of thioether (sulfide) groups is 1. The van der Waals surface area contributed by atoms with E-state index in [0.29, 0.717) is 0 Å². The lowest BCUT2D eigenvalue weighted by Gasteiger charge is -2.11. The number of primary amides is 1. The van der Waals surface area contributed by atoms with Crippen LogP contribution in [0.5, 0.6) is 0 Å². The average Bonchev–Trinajstić information content (AvgIpc) is 2.36. The first kappa shape index (κ1) is 15.1. The van der Waals surface area contributed by atoms with Crippen LogP contribution in [0.1, 0.15) is 32.3 Å². The zero-order chi connectivity index (χ0) is 13.4. The highest BCUT2D eigenvalue weighted by atomic mass is 32.2. The molecule has 1 atom stereocenters. The van der Waals surface area contributed by atoms with E-state index in [4.69, 9.17) is 5.73 Å². The van der Waals surface area contributed by atoms with E-state index < -0.39 is 0 Å². The summed E-state index contributed by atoms with van der Waals surface area (Å²) in [6.45, 7) is 6.03. The lowest BCUT2D eigenvalue weighted by Crippen LogP contribution is -2.24. The molecule has 0 saturated carbocycles. The zero-order valence-electron chi connectivity index (χ0n) is 11.1. The van der Waals surface area contributed by atoms with Crippen LogP contribution in [0.2, 0.25) is 0 Å². The van der Waals surface area contributed by atoms with Gasteiger partial charge in [-0.3, -0.25) is 4.79 Å². The van der Waals surface area contributed by atoms with Crippen LogP contribution >= 0.6 is 11.8 Å². The number of carbonyl (C=O) groups excluding carboxylic acids is 1. The molecule has 1 unspecified atom stereocenters. The minimum absolute atomic E-state index is 0.135. The number of hydrogen-bond donors (Lipinski definition) is 2. The topological polar surface area (TPSA) is 55.1 Å². The second-order valence-electron chi connectivity index (χ2n) is 4.24. The molecule has 3 nitrogen and oxygen atoms in total. The molecule has 1 amide bonds. The third kappa shape index (κ3) is 5.10. The molecule has 3 N–H and O–H groups in total. The Morgan fingerprint density at radius 3 is 2.83 bits per heavy atom. The minimum Gasteiger partial charge on any atom is -0.369 e. The van der Waals surface area contributed by atoms with E-state index in [0.717, 1.165) is 30.8 Å². The Labute approximate surface area is 114 Å². The van der Waals surface area contributed by atoms with Crippen molar-refractivity contribution in [3.8, 4) is 0 Å². The van der Waals surface area contributed by atoms with Crippen LogP contribution in [0, 0.1) is 0 Å². The maximum atomic E-state index is 11.2. The number of amides is 1. The standard InChI is InChI=1S/C14H22N2OS/c1-3-8-16-10-11-6-5-7-12(9-11)18-13(4-2)14(15)17/h5-7,9,13,16H,3-4,8,10H2,1-2H3,(H2,15,17). The number of carbonyl (C=O) groups is 1. The monoisotopic (exact) mass is 266 g/mol. The number of benzene rings is 1. The molecule has 18 heavy (non-hydrogen) atoms. The van der Waals surface area contributed by atoms with Gasteiger partial charge >= 0.3 is 0 Å². The van der Waals surface area contributed by atoms with Gasteiger partial charge in [0.15, 0.2) is 0 Å². The van der Waals surface area contributed by atoms with Crippen molar-refractivity contribution in [1.82, 2.24) is 5.32 Å². The Morgan fingerprint density at radius 2 is 2.22 bits per heavy atom. The summed E-state index contributed by atoms with van der Waals surface area (Å²) >= 11 is 1.55. The predicted octanol–water partition coefficient (Wildman–Crippen LogP) is 2.54. The second-order valence-corrected chi connectivity index (χ2v) is 5.52. The van der Waals surface area contributed by atoms with Crippen LogP contribution in [0.3, 0.4) is 0 Å². The van der Waals surface area contributed by atoms with Crippen molar-refractivity contribution in [2.24, 2.45) is 5.73 Å². The SMILES string of the molecule is CCCNCc1cccc(SC(CC)C(N)=O)c1. The summed E-state index contributed by atoms with van der Waals surface area (Å²) in [4.78, 5) is 12.3. The summed E-state index contributed by atoms with van der Waals surface area (Å²) in [6.07, 6.45) is 1.90. The molecule has 1 rings (SSSR count). The van der Waals surface area contributed by atoms with Crippen LogP contribution in [0.25, 0.3) is 0 Å². The average molecular weight is 266 g/mol. The van der Waals surface area contributed by atoms with Crippen molar-refractivity contribution in [2.45, 2.75) is 43.4 Å². The van der Waals surface area contributed by atoms with Crippen molar-refractivity contribution in [3.63, 3.8) is 0 Å². The third-order valence-corrected chi connectivity index (χ3v) is 4.00. The molecule has 0 aliphatic rings. The molecule has 0 heterocycles. The number of rotatable bonds is 8. The maximum Gasteiger partial charge on any atom is 0.230 e. The van der Waals surface area contributed by atoms with Gasteiger partial charge in [-0.2, -0.15) is 0 Å². The highest BCUT2D eigenvalue weighted by molar-refractivity contribution is 8.00. The summed E-state index contributed by atoms with van der Waals surface area (Å²) in [6, 6.07) is 8.27. The van der Waals surface area contributed by atoms with E-state index >= 15 is 0 Å². The third-order valence-electron chi connectivity index (χ3n) is 2.62. The van der Waals surface area contributed by atoms with E-state index in [2.05, 4.69) is 24.4 Å². The van der Waals surface area contributed by atoms with Gasteiger partial charge in [-0.1, -0.05) is 26.0 Å². The highest BCUT2D eigenvalue weighted by Crippen LogP contribution is 2.25. The van der Waals surface area contributed by atoms with Gasteiger partial charge in [-0.25, -0.2) is 0 Å². The van der Waals surface area contributed by atoms with Crippen molar-refractivity contribution in [1.29, 1.82) is 0 Å². The molecule has 0 fully saturated rings. The normalized spacial score (nSPS) is 12.3. The van der Waals surface area contributed by atoms with Gasteiger partial charge in [0, 0.05) is 11.4 Å². The fourth-order valence-electron chi connectivity index (χ4n) is 1.65. The van der Waals surface area contributed by atoms with E-state index in [1.807, 2.05) is 19.1 Å². The van der Waals surface area contributed by atoms with Gasteiger partial charge in [0.1, 0.15) is 0 Å². The Hall–Kier alpha value is -1.00. The van der Waals surface area contributed by atoms with E-state index in [9.17, 15) is 4.79 Å². The summed E-state index contributed by atoms with van der Waals surface area (Å²) < 4.78 is 0. The van der Waals surface area contributed by atoms with Crippen LogP contribution in [-0.2, 0) is 11.3 Å². The Kier molecular flexibility index (Phi) is 6.83. The van der Waals surface area contributed by atoms with Crippen LogP contribution in [0.4, 0.5) is 0 Å². The lowest BCUT2D eigenvalue weighted by atomic mass is 10.2. The molecule has 1 aromatic rings. The molecule has 0 bridgehead atoms. The van der Waals surface area contributed by atoms with Crippen LogP contribution in [-0.4, -0.2) is 17.7 Å². The van der Waals surface area contributed by atoms with Crippen molar-refractivity contribution in [2.75, 3.05) is 6.54 Å². The van der Waals surface area contributed by atoms with Gasteiger partial charge in [-0.15, -0.1) is 11.8 Å². The van der Waals surface area contributed by atoms with Crippen molar-refractivity contribution >= 4 is 17.7 Å². The quantitative estimate of drug-likeness (QED) is 0.561. The first-order valence-electron chi connectivity index (χ1n) is 6.43. The molecule has 4 heteroatoms. The fraction of sp³-hybridized carbons (Fsp3) is 0.500. The predicted molar refractivity (Wildman–Crippen MR) is 77.6 cm³/mol.